The molecule has 0 atom stereocenters. The summed E-state index contributed by atoms with van der Waals surface area (Å²) in [7, 11) is 1.72. The number of likely N-dealkylation sites (N-methyl/N-ethyl adjacent to an activating group) is 1. The van der Waals surface area contributed by atoms with Crippen LogP contribution in [-0.2, 0) is 0 Å². The second-order valence-electron chi connectivity index (χ2n) is 3.76. The summed E-state index contributed by atoms with van der Waals surface area (Å²) < 4.78 is 11.0. The molecule has 0 bridgehead atoms. The Balaban J connectivity index is 2.37. The van der Waals surface area contributed by atoms with Crippen molar-refractivity contribution in [1.82, 2.24) is 5.32 Å². The van der Waals surface area contributed by atoms with Crippen LogP contribution < -0.4 is 14.8 Å². The van der Waals surface area contributed by atoms with Crippen molar-refractivity contribution in [2.45, 2.75) is 6.42 Å². The quantitative estimate of drug-likeness (QED) is 0.838. The van der Waals surface area contributed by atoms with Gasteiger partial charge >= 0.3 is 0 Å². The number of ketones is 1. The maximum atomic E-state index is 11.8. The van der Waals surface area contributed by atoms with Gasteiger partial charge in [0.2, 0.25) is 0 Å². The normalized spacial score (nSPS) is 14.2. The highest BCUT2D eigenvalue weighted by molar-refractivity contribution is 6.35. The van der Waals surface area contributed by atoms with Gasteiger partial charge in [-0.25, -0.2) is 0 Å². The van der Waals surface area contributed by atoms with Gasteiger partial charge in [0.15, 0.2) is 17.3 Å². The topological polar surface area (TPSA) is 47.6 Å². The van der Waals surface area contributed by atoms with Gasteiger partial charge in [-0.1, -0.05) is 11.6 Å². The van der Waals surface area contributed by atoms with Crippen LogP contribution in [0.1, 0.15) is 16.8 Å². The number of Topliss-reactive ketones (excluding diaryl/α,β-unsaturated/α-hetero) is 1. The molecular formula is C12H14ClNO3. The Morgan fingerprint density at radius 3 is 2.94 bits per heavy atom. The molecule has 0 amide bonds. The third-order valence-electron chi connectivity index (χ3n) is 2.49. The van der Waals surface area contributed by atoms with E-state index in [0.29, 0.717) is 35.3 Å². The van der Waals surface area contributed by atoms with E-state index in [4.69, 9.17) is 21.1 Å². The first-order chi connectivity index (χ1) is 8.24. The molecule has 0 fully saturated rings. The molecule has 1 aliphatic heterocycles. The summed E-state index contributed by atoms with van der Waals surface area (Å²) in [6.45, 7) is 1.41. The van der Waals surface area contributed by atoms with Crippen molar-refractivity contribution in [2.75, 3.05) is 26.8 Å². The van der Waals surface area contributed by atoms with E-state index in [2.05, 4.69) is 5.32 Å². The molecule has 0 aliphatic carbocycles. The maximum Gasteiger partial charge on any atom is 0.180 e. The minimum absolute atomic E-state index is 0.0619. The lowest BCUT2D eigenvalue weighted by molar-refractivity contribution is 0.0993. The number of carbonyl (C=O) groups is 1. The fourth-order valence-electron chi connectivity index (χ4n) is 1.67. The Labute approximate surface area is 105 Å². The molecule has 0 aromatic heterocycles. The largest absolute Gasteiger partial charge is 0.490 e. The second kappa shape index (κ2) is 5.38. The Morgan fingerprint density at radius 1 is 1.41 bits per heavy atom. The molecule has 1 heterocycles. The molecule has 4 nitrogen and oxygen atoms in total. The smallest absolute Gasteiger partial charge is 0.180 e. The molecule has 1 N–H and O–H groups in total. The minimum atomic E-state index is -0.0619. The van der Waals surface area contributed by atoms with Gasteiger partial charge in [0, 0.05) is 12.0 Å². The average Bonchev–Trinajstić information content (AvgIpc) is 2.55. The van der Waals surface area contributed by atoms with Crippen LogP contribution in [0.4, 0.5) is 0 Å². The lowest BCUT2D eigenvalue weighted by Crippen LogP contribution is -2.19. The number of rotatable bonds is 3. The van der Waals surface area contributed by atoms with Gasteiger partial charge in [-0.2, -0.15) is 0 Å². The lowest BCUT2D eigenvalue weighted by Gasteiger charge is -2.11. The van der Waals surface area contributed by atoms with Crippen molar-refractivity contribution in [3.8, 4) is 11.5 Å². The molecule has 1 aliphatic rings. The molecule has 1 aromatic rings. The molecule has 0 radical (unpaired) electrons. The number of benzene rings is 1. The van der Waals surface area contributed by atoms with Crippen LogP contribution in [0.5, 0.6) is 11.5 Å². The fraction of sp³-hybridized carbons (Fsp3) is 0.417. The van der Waals surface area contributed by atoms with Gasteiger partial charge in [-0.15, -0.1) is 0 Å². The first-order valence-electron chi connectivity index (χ1n) is 5.50. The van der Waals surface area contributed by atoms with Crippen LogP contribution in [0, 0.1) is 0 Å². The zero-order valence-electron chi connectivity index (χ0n) is 9.59. The molecular weight excluding hydrogens is 242 g/mol. The Morgan fingerprint density at radius 2 is 2.18 bits per heavy atom. The van der Waals surface area contributed by atoms with E-state index in [1.165, 1.54) is 0 Å². The summed E-state index contributed by atoms with van der Waals surface area (Å²) in [5, 5.41) is 3.14. The summed E-state index contributed by atoms with van der Waals surface area (Å²) in [5.41, 5.74) is 0.463. The van der Waals surface area contributed by atoms with Crippen LogP contribution >= 0.6 is 11.6 Å². The standard InChI is InChI=1S/C12H14ClNO3/c1-14-7-9(15)8-3-4-10-12(11(8)13)17-6-2-5-16-10/h3-4,14H,2,5-7H2,1H3. The monoisotopic (exact) mass is 255 g/mol. The Hall–Kier alpha value is -1.26. The number of carbonyl (C=O) groups excluding carboxylic acids is 1. The van der Waals surface area contributed by atoms with Crippen molar-refractivity contribution in [2.24, 2.45) is 0 Å². The number of fused-ring (bicyclic) bond motifs is 1. The summed E-state index contributed by atoms with van der Waals surface area (Å²) in [6, 6.07) is 3.41. The first kappa shape index (κ1) is 12.2. The van der Waals surface area contributed by atoms with Crippen molar-refractivity contribution in [3.05, 3.63) is 22.7 Å². The molecule has 0 saturated heterocycles. The van der Waals surface area contributed by atoms with E-state index in [1.54, 1.807) is 19.2 Å². The Kier molecular flexibility index (Phi) is 3.86. The summed E-state index contributed by atoms with van der Waals surface area (Å²) >= 11 is 6.18. The number of nitrogens with one attached hydrogen (secondary N) is 1. The highest BCUT2D eigenvalue weighted by atomic mass is 35.5. The van der Waals surface area contributed by atoms with E-state index >= 15 is 0 Å². The molecule has 0 spiro atoms. The van der Waals surface area contributed by atoms with Crippen molar-refractivity contribution in [3.63, 3.8) is 0 Å². The summed E-state index contributed by atoms with van der Waals surface area (Å²) in [5.74, 6) is 1.02. The van der Waals surface area contributed by atoms with E-state index < -0.39 is 0 Å². The maximum absolute atomic E-state index is 11.8. The van der Waals surface area contributed by atoms with Crippen LogP contribution in [0.15, 0.2) is 12.1 Å². The van der Waals surface area contributed by atoms with Crippen molar-refractivity contribution >= 4 is 17.4 Å². The lowest BCUT2D eigenvalue weighted by atomic mass is 10.1. The van der Waals surface area contributed by atoms with Gasteiger partial charge < -0.3 is 14.8 Å². The second-order valence-corrected chi connectivity index (χ2v) is 4.14. The number of hydrogen-bond acceptors (Lipinski definition) is 4. The van der Waals surface area contributed by atoms with Gasteiger partial charge in [0.1, 0.15) is 0 Å². The van der Waals surface area contributed by atoms with Crippen LogP contribution in [0.2, 0.25) is 5.02 Å². The highest BCUT2D eigenvalue weighted by Gasteiger charge is 2.20. The average molecular weight is 256 g/mol. The van der Waals surface area contributed by atoms with E-state index in [1.807, 2.05) is 0 Å². The van der Waals surface area contributed by atoms with Gasteiger partial charge in [0.05, 0.1) is 24.8 Å². The van der Waals surface area contributed by atoms with Crippen LogP contribution in [0.3, 0.4) is 0 Å². The third kappa shape index (κ3) is 2.53. The first-order valence-corrected chi connectivity index (χ1v) is 5.87. The molecule has 5 heteroatoms. The number of ether oxygens (including phenoxy) is 2. The van der Waals surface area contributed by atoms with Crippen LogP contribution in [0.25, 0.3) is 0 Å². The summed E-state index contributed by atoms with van der Waals surface area (Å²) in [4.78, 5) is 11.8. The SMILES string of the molecule is CNCC(=O)c1ccc2c(c1Cl)OCCCO2. The number of halogens is 1. The predicted molar refractivity (Wildman–Crippen MR) is 65.3 cm³/mol. The molecule has 2 rings (SSSR count). The fourth-order valence-corrected chi connectivity index (χ4v) is 1.99. The highest BCUT2D eigenvalue weighted by Crippen LogP contribution is 2.39. The third-order valence-corrected chi connectivity index (χ3v) is 2.87. The van der Waals surface area contributed by atoms with E-state index in [0.717, 1.165) is 6.42 Å². The Bertz CT molecular complexity index is 434. The van der Waals surface area contributed by atoms with Gasteiger partial charge in [0.25, 0.3) is 0 Å². The van der Waals surface area contributed by atoms with Crippen LogP contribution in [-0.4, -0.2) is 32.6 Å². The van der Waals surface area contributed by atoms with E-state index in [-0.39, 0.29) is 12.3 Å². The summed E-state index contributed by atoms with van der Waals surface area (Å²) in [6.07, 6.45) is 0.810. The zero-order valence-corrected chi connectivity index (χ0v) is 10.3. The molecule has 92 valence electrons. The minimum Gasteiger partial charge on any atom is -0.490 e. The number of hydrogen-bond donors (Lipinski definition) is 1. The van der Waals surface area contributed by atoms with E-state index in [9.17, 15) is 4.79 Å². The predicted octanol–water partition coefficient (Wildman–Crippen LogP) is 1.90. The molecule has 1 aromatic carbocycles. The van der Waals surface area contributed by atoms with Crippen molar-refractivity contribution in [1.29, 1.82) is 0 Å². The molecule has 17 heavy (non-hydrogen) atoms. The van der Waals surface area contributed by atoms with Gasteiger partial charge in [-0.3, -0.25) is 4.79 Å². The zero-order chi connectivity index (χ0) is 12.3. The van der Waals surface area contributed by atoms with Crippen molar-refractivity contribution < 1.29 is 14.3 Å². The molecule has 0 unspecified atom stereocenters. The molecule has 0 saturated carbocycles. The van der Waals surface area contributed by atoms with Gasteiger partial charge in [-0.05, 0) is 19.2 Å².